The summed E-state index contributed by atoms with van der Waals surface area (Å²) in [4.78, 5) is 34.4. The third kappa shape index (κ3) is 30.6. The van der Waals surface area contributed by atoms with Gasteiger partial charge in [-0.05, 0) is 32.1 Å². The predicted octanol–water partition coefficient (Wildman–Crippen LogP) is 8.71. The predicted molar refractivity (Wildman–Crippen MR) is 174 cm³/mol. The van der Waals surface area contributed by atoms with E-state index in [0.29, 0.717) is 6.42 Å². The Balaban J connectivity index is 4.17. The zero-order chi connectivity index (χ0) is 31.9. The summed E-state index contributed by atoms with van der Waals surface area (Å²) in [6.07, 6.45) is 26.9. The molecule has 0 spiro atoms. The standard InChI is InChI=1S/C33H64NO8P/c1-3-5-7-9-11-12-13-14-15-16-17-18-20-21-23-25-32(35)39-29-31(30-41-43(37,38)40-28-27-34)42-33(36)26-24-22-19-10-8-6-4-2/h9,11,31H,3-8,10,12-30,34H2,1-2H3,(H,37,38)/b11-9+/t31-/m0/s1. The molecule has 9 nitrogen and oxygen atoms in total. The lowest BCUT2D eigenvalue weighted by molar-refractivity contribution is -0.161. The summed E-state index contributed by atoms with van der Waals surface area (Å²) in [5.41, 5.74) is 5.30. The number of phosphoric ester groups is 1. The van der Waals surface area contributed by atoms with Crippen molar-refractivity contribution in [2.75, 3.05) is 26.4 Å². The minimum Gasteiger partial charge on any atom is -0.462 e. The lowest BCUT2D eigenvalue weighted by Gasteiger charge is -2.19. The fourth-order valence-electron chi connectivity index (χ4n) is 4.55. The number of carbonyl (C=O) groups is 2. The highest BCUT2D eigenvalue weighted by Crippen LogP contribution is 2.43. The monoisotopic (exact) mass is 633 g/mol. The minimum absolute atomic E-state index is 0.0553. The average molecular weight is 634 g/mol. The van der Waals surface area contributed by atoms with E-state index < -0.39 is 26.5 Å². The molecule has 43 heavy (non-hydrogen) atoms. The lowest BCUT2D eigenvalue weighted by Crippen LogP contribution is -2.29. The van der Waals surface area contributed by atoms with Crippen LogP contribution in [-0.2, 0) is 32.7 Å². The molecule has 0 rings (SSSR count). The number of phosphoric acid groups is 1. The van der Waals surface area contributed by atoms with Crippen LogP contribution >= 0.6 is 7.82 Å². The van der Waals surface area contributed by atoms with E-state index in [2.05, 4.69) is 26.0 Å². The molecule has 0 fully saturated rings. The maximum atomic E-state index is 12.4. The van der Waals surface area contributed by atoms with Crippen LogP contribution < -0.4 is 5.73 Å². The van der Waals surface area contributed by atoms with Crippen molar-refractivity contribution >= 4 is 19.8 Å². The van der Waals surface area contributed by atoms with Crippen molar-refractivity contribution in [2.45, 2.75) is 161 Å². The summed E-state index contributed by atoms with van der Waals surface area (Å²) in [5.74, 6) is -0.837. The number of nitrogens with two attached hydrogens (primary N) is 1. The first-order valence-electron chi connectivity index (χ1n) is 17.2. The summed E-state index contributed by atoms with van der Waals surface area (Å²) in [6, 6.07) is 0. The van der Waals surface area contributed by atoms with E-state index in [0.717, 1.165) is 38.5 Å². The smallest absolute Gasteiger partial charge is 0.462 e. The van der Waals surface area contributed by atoms with Gasteiger partial charge < -0.3 is 20.1 Å². The van der Waals surface area contributed by atoms with Crippen LogP contribution in [0.15, 0.2) is 12.2 Å². The topological polar surface area (TPSA) is 134 Å². The van der Waals surface area contributed by atoms with E-state index in [-0.39, 0.29) is 38.6 Å². The molecule has 3 N–H and O–H groups in total. The molecule has 254 valence electrons. The number of esters is 2. The zero-order valence-corrected chi connectivity index (χ0v) is 28.3. The van der Waals surface area contributed by atoms with Crippen LogP contribution in [0.25, 0.3) is 0 Å². The van der Waals surface area contributed by atoms with E-state index in [4.69, 9.17) is 24.3 Å². The second-order valence-electron chi connectivity index (χ2n) is 11.4. The van der Waals surface area contributed by atoms with Gasteiger partial charge in [0.15, 0.2) is 6.10 Å². The van der Waals surface area contributed by atoms with E-state index in [1.807, 2.05) is 0 Å². The SMILES string of the molecule is CCCC/C=C/CCCCCCCCCCCC(=O)OC[C@@H](COP(=O)(O)OCCN)OC(=O)CCCCCCCCC. The number of unbranched alkanes of at least 4 members (excludes halogenated alkanes) is 17. The van der Waals surface area contributed by atoms with Crippen LogP contribution in [0.1, 0.15) is 155 Å². The van der Waals surface area contributed by atoms with Gasteiger partial charge in [0.2, 0.25) is 0 Å². The van der Waals surface area contributed by atoms with Gasteiger partial charge in [-0.25, -0.2) is 4.57 Å². The first-order valence-corrected chi connectivity index (χ1v) is 18.7. The highest BCUT2D eigenvalue weighted by molar-refractivity contribution is 7.47. The largest absolute Gasteiger partial charge is 0.472 e. The lowest BCUT2D eigenvalue weighted by atomic mass is 10.1. The van der Waals surface area contributed by atoms with E-state index >= 15 is 0 Å². The van der Waals surface area contributed by atoms with Gasteiger partial charge in [0.05, 0.1) is 13.2 Å². The second kappa shape index (κ2) is 30.8. The Labute approximate surface area is 262 Å². The van der Waals surface area contributed by atoms with Crippen molar-refractivity contribution < 1.29 is 37.6 Å². The molecule has 0 amide bonds. The number of hydrogen-bond donors (Lipinski definition) is 2. The van der Waals surface area contributed by atoms with Gasteiger partial charge in [-0.3, -0.25) is 18.6 Å². The third-order valence-corrected chi connectivity index (χ3v) is 8.14. The number of rotatable bonds is 32. The molecule has 0 aromatic carbocycles. The summed E-state index contributed by atoms with van der Waals surface area (Å²) in [7, 11) is -4.35. The fraction of sp³-hybridized carbons (Fsp3) is 0.879. The molecule has 0 aromatic heterocycles. The maximum Gasteiger partial charge on any atom is 0.472 e. The van der Waals surface area contributed by atoms with Crippen LogP contribution in [0.2, 0.25) is 0 Å². The number of allylic oxidation sites excluding steroid dienone is 2. The molecule has 1 unspecified atom stereocenters. The van der Waals surface area contributed by atoms with Gasteiger partial charge in [-0.15, -0.1) is 0 Å². The molecule has 0 saturated heterocycles. The van der Waals surface area contributed by atoms with Crippen molar-refractivity contribution in [1.29, 1.82) is 0 Å². The molecule has 0 heterocycles. The Morgan fingerprint density at radius 3 is 1.72 bits per heavy atom. The quantitative estimate of drug-likeness (QED) is 0.0323. The molecule has 0 saturated carbocycles. The molecule has 0 bridgehead atoms. The molecule has 0 radical (unpaired) electrons. The number of ether oxygens (including phenoxy) is 2. The minimum atomic E-state index is -4.35. The molecule has 0 aromatic rings. The van der Waals surface area contributed by atoms with Gasteiger partial charge in [0, 0.05) is 19.4 Å². The molecular weight excluding hydrogens is 569 g/mol. The second-order valence-corrected chi connectivity index (χ2v) is 12.8. The summed E-state index contributed by atoms with van der Waals surface area (Å²) in [6.45, 7) is 3.63. The highest BCUT2D eigenvalue weighted by atomic mass is 31.2. The first-order chi connectivity index (χ1) is 20.8. The van der Waals surface area contributed by atoms with Crippen LogP contribution in [0.4, 0.5) is 0 Å². The average Bonchev–Trinajstić information content (AvgIpc) is 2.99. The van der Waals surface area contributed by atoms with Gasteiger partial charge in [-0.1, -0.05) is 122 Å². The summed E-state index contributed by atoms with van der Waals surface area (Å²) in [5, 5.41) is 0. The van der Waals surface area contributed by atoms with Crippen molar-refractivity contribution in [2.24, 2.45) is 5.73 Å². The Bertz CT molecular complexity index is 734. The molecular formula is C33H64NO8P. The normalized spacial score (nSPS) is 13.7. The Morgan fingerprint density at radius 1 is 0.674 bits per heavy atom. The molecule has 0 aliphatic carbocycles. The van der Waals surface area contributed by atoms with Crippen LogP contribution in [0.5, 0.6) is 0 Å². The van der Waals surface area contributed by atoms with E-state index in [1.165, 1.54) is 83.5 Å². The Hall–Kier alpha value is -1.25. The zero-order valence-electron chi connectivity index (χ0n) is 27.4. The molecule has 0 aliphatic heterocycles. The number of hydrogen-bond acceptors (Lipinski definition) is 8. The third-order valence-electron chi connectivity index (χ3n) is 7.15. The van der Waals surface area contributed by atoms with Crippen molar-refractivity contribution in [3.63, 3.8) is 0 Å². The molecule has 0 aliphatic rings. The van der Waals surface area contributed by atoms with Gasteiger partial charge >= 0.3 is 19.8 Å². The Kier molecular flexibility index (Phi) is 29.9. The van der Waals surface area contributed by atoms with Gasteiger partial charge in [0.25, 0.3) is 0 Å². The van der Waals surface area contributed by atoms with E-state index in [1.54, 1.807) is 0 Å². The van der Waals surface area contributed by atoms with Crippen LogP contribution in [-0.4, -0.2) is 49.3 Å². The first kappa shape index (κ1) is 41.8. The van der Waals surface area contributed by atoms with Crippen molar-refractivity contribution in [1.82, 2.24) is 0 Å². The van der Waals surface area contributed by atoms with Crippen molar-refractivity contribution in [3.8, 4) is 0 Å². The van der Waals surface area contributed by atoms with Crippen LogP contribution in [0.3, 0.4) is 0 Å². The van der Waals surface area contributed by atoms with Gasteiger partial charge in [-0.2, -0.15) is 0 Å². The molecule has 10 heteroatoms. The van der Waals surface area contributed by atoms with Crippen LogP contribution in [0, 0.1) is 0 Å². The van der Waals surface area contributed by atoms with Crippen molar-refractivity contribution in [3.05, 3.63) is 12.2 Å². The molecule has 2 atom stereocenters. The maximum absolute atomic E-state index is 12.4. The summed E-state index contributed by atoms with van der Waals surface area (Å²) < 4.78 is 32.4. The van der Waals surface area contributed by atoms with E-state index in [9.17, 15) is 19.0 Å². The van der Waals surface area contributed by atoms with Gasteiger partial charge in [0.1, 0.15) is 6.61 Å². The number of carbonyl (C=O) groups excluding carboxylic acids is 2. The highest BCUT2D eigenvalue weighted by Gasteiger charge is 2.25. The Morgan fingerprint density at radius 2 is 1.16 bits per heavy atom. The summed E-state index contributed by atoms with van der Waals surface area (Å²) >= 11 is 0. The fourth-order valence-corrected chi connectivity index (χ4v) is 5.32.